The van der Waals surface area contributed by atoms with Crippen molar-refractivity contribution >= 4 is 52.1 Å². The number of aromatic nitrogens is 4. The van der Waals surface area contributed by atoms with Gasteiger partial charge in [0.25, 0.3) is 5.91 Å². The van der Waals surface area contributed by atoms with Crippen LogP contribution in [0.4, 0.5) is 8.78 Å². The molecule has 5 heterocycles. The molecule has 0 spiro atoms. The quantitative estimate of drug-likeness (QED) is 0.0997. The zero-order chi connectivity index (χ0) is 48.2. The number of benzene rings is 3. The normalized spacial score (nSPS) is 17.8. The number of rotatable bonds is 11. The van der Waals surface area contributed by atoms with Gasteiger partial charge in [-0.1, -0.05) is 69.3 Å². The maximum absolute atomic E-state index is 15.7. The number of likely N-dealkylation sites (tertiary alicyclic amines) is 1. The van der Waals surface area contributed by atoms with Crippen LogP contribution < -0.4 is 10.6 Å². The highest BCUT2D eigenvalue weighted by molar-refractivity contribution is 7.15. The molecule has 2 aliphatic heterocycles. The molecule has 0 saturated carbocycles. The van der Waals surface area contributed by atoms with E-state index in [1.165, 1.54) is 22.3 Å². The monoisotopic (exact) mass is 948 g/mol. The lowest BCUT2D eigenvalue weighted by atomic mass is 9.85. The molecular weight excluding hydrogens is 899 g/mol. The molecule has 8 rings (SSSR count). The number of carbonyl (C=O) groups is 4. The number of halogens is 2. The molecule has 348 valence electrons. The van der Waals surface area contributed by atoms with Crippen LogP contribution in [0.15, 0.2) is 71.2 Å². The topological polar surface area (TPSA) is 192 Å². The molecule has 3 aromatic heterocycles. The second kappa shape index (κ2) is 18.3. The van der Waals surface area contributed by atoms with Crippen LogP contribution in [0, 0.1) is 44.7 Å². The smallest absolute Gasteiger partial charge is 0.306 e. The zero-order valence-corrected chi connectivity index (χ0v) is 39.8. The van der Waals surface area contributed by atoms with Crippen molar-refractivity contribution in [3.05, 3.63) is 128 Å². The van der Waals surface area contributed by atoms with E-state index in [1.807, 2.05) is 56.5 Å². The Labute approximate surface area is 393 Å². The van der Waals surface area contributed by atoms with Gasteiger partial charge in [0, 0.05) is 40.1 Å². The first-order valence-corrected chi connectivity index (χ1v) is 23.4. The van der Waals surface area contributed by atoms with Crippen LogP contribution in [0.25, 0.3) is 26.6 Å². The Kier molecular flexibility index (Phi) is 12.8. The van der Waals surface area contributed by atoms with Crippen molar-refractivity contribution in [3.63, 3.8) is 0 Å². The molecule has 67 heavy (non-hydrogen) atoms. The van der Waals surface area contributed by atoms with Crippen molar-refractivity contribution in [1.82, 2.24) is 35.3 Å². The van der Waals surface area contributed by atoms with Gasteiger partial charge in [0.05, 0.1) is 40.4 Å². The van der Waals surface area contributed by atoms with Gasteiger partial charge in [-0.25, -0.2) is 13.8 Å². The number of aliphatic hydroxyl groups is 1. The number of hydrogen-bond acceptors (Lipinski definition) is 11. The second-order valence-electron chi connectivity index (χ2n) is 18.2. The highest BCUT2D eigenvalue weighted by atomic mass is 32.1. The average molecular weight is 949 g/mol. The van der Waals surface area contributed by atoms with Crippen molar-refractivity contribution in [1.29, 1.82) is 0 Å². The molecular formula is C49H50F2N8O6S2. The summed E-state index contributed by atoms with van der Waals surface area (Å²) in [5.41, 5.74) is 6.20. The van der Waals surface area contributed by atoms with E-state index in [1.54, 1.807) is 68.8 Å². The number of carboxylic acid groups (broad SMARTS) is 1. The van der Waals surface area contributed by atoms with Crippen molar-refractivity contribution in [3.8, 4) is 26.6 Å². The molecule has 0 aliphatic carbocycles. The lowest BCUT2D eigenvalue weighted by molar-refractivity contribution is -0.142. The van der Waals surface area contributed by atoms with E-state index in [2.05, 4.69) is 25.8 Å². The van der Waals surface area contributed by atoms with Crippen LogP contribution in [-0.2, 0) is 14.4 Å². The third kappa shape index (κ3) is 9.17. The molecule has 3 aromatic carbocycles. The lowest BCUT2D eigenvalue weighted by Crippen LogP contribution is -2.57. The summed E-state index contributed by atoms with van der Waals surface area (Å²) in [5, 5.41) is 35.6. The van der Waals surface area contributed by atoms with Gasteiger partial charge in [-0.15, -0.1) is 32.9 Å². The number of carbonyl (C=O) groups excluding carboxylic acids is 3. The number of amides is 3. The molecule has 2 aliphatic rings. The number of aryl methyl sites for hydroxylation is 3. The number of hydrogen-bond donors (Lipinski definition) is 4. The Morgan fingerprint density at radius 1 is 0.925 bits per heavy atom. The molecule has 1 fully saturated rings. The number of aliphatic carboxylic acids is 1. The van der Waals surface area contributed by atoms with Gasteiger partial charge in [-0.2, -0.15) is 0 Å². The summed E-state index contributed by atoms with van der Waals surface area (Å²) < 4.78 is 33.1. The summed E-state index contributed by atoms with van der Waals surface area (Å²) in [5.74, 6) is -4.52. The first kappa shape index (κ1) is 47.0. The van der Waals surface area contributed by atoms with Crippen LogP contribution in [-0.4, -0.2) is 89.0 Å². The van der Waals surface area contributed by atoms with Crippen molar-refractivity contribution < 1.29 is 38.2 Å². The Morgan fingerprint density at radius 3 is 2.24 bits per heavy atom. The van der Waals surface area contributed by atoms with Gasteiger partial charge in [-0.05, 0) is 74.4 Å². The number of nitrogens with zero attached hydrogens (tertiary/aromatic N) is 6. The first-order chi connectivity index (χ1) is 31.7. The van der Waals surface area contributed by atoms with E-state index >= 15 is 8.78 Å². The number of fused-ring (bicyclic) bond motifs is 3. The maximum Gasteiger partial charge on any atom is 0.306 e. The molecule has 5 atom stereocenters. The molecule has 1 saturated heterocycles. The molecule has 0 bridgehead atoms. The van der Waals surface area contributed by atoms with E-state index in [0.29, 0.717) is 22.9 Å². The predicted molar refractivity (Wildman–Crippen MR) is 252 cm³/mol. The number of thiophene rings is 1. The number of β-amino-alcohol motifs (C(OH)–C–C–N with tert-alkyl or cyclic N) is 1. The highest BCUT2D eigenvalue weighted by Crippen LogP contribution is 2.40. The van der Waals surface area contributed by atoms with Crippen molar-refractivity contribution in [2.24, 2.45) is 10.4 Å². The minimum absolute atomic E-state index is 0.0177. The third-order valence-corrected chi connectivity index (χ3v) is 14.6. The molecule has 2 unspecified atom stereocenters. The Bertz CT molecular complexity index is 2960. The zero-order valence-electron chi connectivity index (χ0n) is 38.1. The fourth-order valence-corrected chi connectivity index (χ4v) is 10.7. The van der Waals surface area contributed by atoms with Gasteiger partial charge >= 0.3 is 5.97 Å². The van der Waals surface area contributed by atoms with E-state index in [9.17, 15) is 29.4 Å². The standard InChI is InChI=1S/C49H50F2N8O6S2/c1-23-26(4)67-48-39(23)41(54-36(20-38(61)62)44-57-56-27(5)59(44)48)30-13-11-29(12-14-30)34-17-32(18-35(50)40(34)51)45(63)55-43(49(6,7)8)47(65)58-21-33(60)19-37(58)46(64)53-24(2)28-9-15-31(16-10-28)42-25(3)52-22-66-42/h9-18,22,24,33,36-37,43,60H,19-21H2,1-8H3,(H,53,64)(H,55,63)(H,61,62)/t24?,33-,36+,37+,43?/m1/s1. The summed E-state index contributed by atoms with van der Waals surface area (Å²) in [6, 6.07) is 12.6. The third-order valence-electron chi connectivity index (χ3n) is 12.4. The van der Waals surface area contributed by atoms with E-state index < -0.39 is 71.0 Å². The first-order valence-electron chi connectivity index (χ1n) is 21.7. The summed E-state index contributed by atoms with van der Waals surface area (Å²) in [7, 11) is 0. The van der Waals surface area contributed by atoms with Gasteiger partial charge < -0.3 is 25.7 Å². The number of aliphatic imine (C=N–C) groups is 1. The summed E-state index contributed by atoms with van der Waals surface area (Å²) in [6.07, 6.45) is -1.36. The predicted octanol–water partition coefficient (Wildman–Crippen LogP) is 7.98. The fourth-order valence-electron chi connectivity index (χ4n) is 8.66. The number of aliphatic hydroxyl groups excluding tert-OH is 1. The Balaban J connectivity index is 1.02. The highest BCUT2D eigenvalue weighted by Gasteiger charge is 2.45. The second-order valence-corrected chi connectivity index (χ2v) is 20.2. The molecule has 6 aromatic rings. The van der Waals surface area contributed by atoms with Gasteiger partial charge in [-0.3, -0.25) is 28.7 Å². The van der Waals surface area contributed by atoms with Crippen LogP contribution in [0.5, 0.6) is 0 Å². The van der Waals surface area contributed by atoms with E-state index in [0.717, 1.165) is 48.8 Å². The minimum Gasteiger partial charge on any atom is -0.481 e. The van der Waals surface area contributed by atoms with Crippen LogP contribution in [0.3, 0.4) is 0 Å². The summed E-state index contributed by atoms with van der Waals surface area (Å²) >= 11 is 3.05. The van der Waals surface area contributed by atoms with Gasteiger partial charge in [0.2, 0.25) is 11.8 Å². The molecule has 18 heteroatoms. The summed E-state index contributed by atoms with van der Waals surface area (Å²) in [6.45, 7) is 14.5. The van der Waals surface area contributed by atoms with Crippen molar-refractivity contribution in [2.45, 2.75) is 98.5 Å². The minimum atomic E-state index is -1.29. The van der Waals surface area contributed by atoms with Crippen LogP contribution in [0.1, 0.15) is 107 Å². The fraction of sp³-hybridized carbons (Fsp3) is 0.347. The molecule has 0 radical (unpaired) electrons. The lowest BCUT2D eigenvalue weighted by Gasteiger charge is -2.35. The van der Waals surface area contributed by atoms with Gasteiger partial charge in [0.1, 0.15) is 29.0 Å². The van der Waals surface area contributed by atoms with E-state index in [-0.39, 0.29) is 36.1 Å². The SMILES string of the molecule is Cc1ncsc1-c1ccc(C(C)NC(=O)[C@@H]2C[C@@H](O)CN2C(=O)C(NC(=O)c2cc(F)c(F)c(-c3ccc(C4=N[C@@H](CC(=O)O)c5nnc(C)n5-c5sc(C)c(C)c54)cc3)c2)C(C)(C)C)cc1. The number of thiazole rings is 1. The molecule has 3 amide bonds. The molecule has 4 N–H and O–H groups in total. The van der Waals surface area contributed by atoms with Crippen LogP contribution in [0.2, 0.25) is 0 Å². The van der Waals surface area contributed by atoms with Crippen LogP contribution >= 0.6 is 22.7 Å². The largest absolute Gasteiger partial charge is 0.481 e. The average Bonchev–Trinajstić information content (AvgIpc) is 4.05. The van der Waals surface area contributed by atoms with Crippen molar-refractivity contribution in [2.75, 3.05) is 6.54 Å². The van der Waals surface area contributed by atoms with Gasteiger partial charge in [0.15, 0.2) is 17.5 Å². The number of carboxylic acids is 1. The molecule has 14 nitrogen and oxygen atoms in total. The Morgan fingerprint density at radius 2 is 1.60 bits per heavy atom. The summed E-state index contributed by atoms with van der Waals surface area (Å²) in [4.78, 5) is 66.9. The number of nitrogens with one attached hydrogen (secondary N) is 2. The maximum atomic E-state index is 15.7. The van der Waals surface area contributed by atoms with E-state index in [4.69, 9.17) is 4.99 Å². The Hall–Kier alpha value is -6.50.